The molecule has 0 amide bonds. The van der Waals surface area contributed by atoms with Crippen molar-refractivity contribution in [3.05, 3.63) is 24.3 Å². The Morgan fingerprint density at radius 3 is 2.73 bits per heavy atom. The molecule has 0 spiro atoms. The number of halogens is 1. The molecule has 62 valence electrons. The van der Waals surface area contributed by atoms with Crippen molar-refractivity contribution < 1.29 is 0 Å². The molecule has 1 aliphatic carbocycles. The maximum absolute atomic E-state index is 6.07. The second-order valence-corrected chi connectivity index (χ2v) is 3.97. The van der Waals surface area contributed by atoms with Gasteiger partial charge in [-0.3, -0.25) is 0 Å². The molecule has 1 fully saturated rings. The van der Waals surface area contributed by atoms with Crippen LogP contribution < -0.4 is 0 Å². The minimum atomic E-state index is 0.186. The van der Waals surface area contributed by atoms with Crippen molar-refractivity contribution in [2.24, 2.45) is 5.92 Å². The highest BCUT2D eigenvalue weighted by molar-refractivity contribution is 6.22. The molecular formula is C10H15Cl. The summed E-state index contributed by atoms with van der Waals surface area (Å²) >= 11 is 6.07. The number of rotatable bonds is 1. The smallest absolute Gasteiger partial charge is 0.0548 e. The van der Waals surface area contributed by atoms with Gasteiger partial charge in [0.1, 0.15) is 0 Å². The molecule has 0 N–H and O–H groups in total. The van der Waals surface area contributed by atoms with E-state index in [1.54, 1.807) is 0 Å². The van der Waals surface area contributed by atoms with E-state index < -0.39 is 0 Å². The van der Waals surface area contributed by atoms with Crippen LogP contribution in [-0.4, -0.2) is 5.38 Å². The summed E-state index contributed by atoms with van der Waals surface area (Å²) in [4.78, 5) is 0. The summed E-state index contributed by atoms with van der Waals surface area (Å²) in [6.45, 7) is 9.96. The molecule has 1 rings (SSSR count). The summed E-state index contributed by atoms with van der Waals surface area (Å²) in [5.41, 5.74) is 2.47. The van der Waals surface area contributed by atoms with E-state index in [-0.39, 0.29) is 5.38 Å². The lowest BCUT2D eigenvalue weighted by Gasteiger charge is -2.27. The van der Waals surface area contributed by atoms with Crippen LogP contribution in [0, 0.1) is 5.92 Å². The molecule has 0 bridgehead atoms. The van der Waals surface area contributed by atoms with Crippen LogP contribution >= 0.6 is 11.6 Å². The Labute approximate surface area is 73.9 Å². The molecule has 0 heterocycles. The third-order valence-electron chi connectivity index (χ3n) is 2.45. The van der Waals surface area contributed by atoms with Gasteiger partial charge in [-0.05, 0) is 32.1 Å². The molecule has 2 atom stereocenters. The van der Waals surface area contributed by atoms with Gasteiger partial charge in [-0.25, -0.2) is 0 Å². The highest BCUT2D eigenvalue weighted by Gasteiger charge is 2.22. The SMILES string of the molecule is C=C1CC[C@H](C(=C)C)CC1Cl. The third kappa shape index (κ3) is 2.10. The minimum absolute atomic E-state index is 0.186. The van der Waals surface area contributed by atoms with E-state index >= 15 is 0 Å². The predicted octanol–water partition coefficient (Wildman–Crippen LogP) is 3.53. The zero-order valence-electron chi connectivity index (χ0n) is 7.07. The summed E-state index contributed by atoms with van der Waals surface area (Å²) in [6, 6.07) is 0. The van der Waals surface area contributed by atoms with Gasteiger partial charge in [-0.15, -0.1) is 11.6 Å². The van der Waals surface area contributed by atoms with Crippen molar-refractivity contribution in [3.8, 4) is 0 Å². The van der Waals surface area contributed by atoms with E-state index in [1.807, 2.05) is 0 Å². The lowest BCUT2D eigenvalue weighted by molar-refractivity contribution is 0.472. The van der Waals surface area contributed by atoms with Gasteiger partial charge >= 0.3 is 0 Å². The topological polar surface area (TPSA) is 0 Å². The van der Waals surface area contributed by atoms with Crippen LogP contribution in [0.4, 0.5) is 0 Å². The molecule has 11 heavy (non-hydrogen) atoms. The quantitative estimate of drug-likeness (QED) is 0.417. The molecule has 1 heteroatoms. The Morgan fingerprint density at radius 2 is 2.27 bits per heavy atom. The van der Waals surface area contributed by atoms with E-state index in [0.29, 0.717) is 5.92 Å². The average Bonchev–Trinajstić information content (AvgIpc) is 1.94. The first kappa shape index (κ1) is 8.86. The first-order valence-electron chi connectivity index (χ1n) is 4.08. The molecule has 0 aromatic rings. The second-order valence-electron chi connectivity index (χ2n) is 3.44. The Bertz CT molecular complexity index is 181. The van der Waals surface area contributed by atoms with Crippen LogP contribution in [0.5, 0.6) is 0 Å². The monoisotopic (exact) mass is 170 g/mol. The van der Waals surface area contributed by atoms with Gasteiger partial charge in [0, 0.05) is 0 Å². The Hall–Kier alpha value is -0.230. The molecule has 0 radical (unpaired) electrons. The maximum Gasteiger partial charge on any atom is 0.0548 e. The van der Waals surface area contributed by atoms with E-state index in [9.17, 15) is 0 Å². The zero-order valence-corrected chi connectivity index (χ0v) is 7.82. The van der Waals surface area contributed by atoms with E-state index in [2.05, 4.69) is 20.1 Å². The summed E-state index contributed by atoms with van der Waals surface area (Å²) in [5.74, 6) is 0.628. The van der Waals surface area contributed by atoms with Crippen molar-refractivity contribution in [1.29, 1.82) is 0 Å². The van der Waals surface area contributed by atoms with Gasteiger partial charge < -0.3 is 0 Å². The van der Waals surface area contributed by atoms with Crippen molar-refractivity contribution in [2.45, 2.75) is 31.6 Å². The molecule has 0 aromatic heterocycles. The molecule has 0 aromatic carbocycles. The van der Waals surface area contributed by atoms with Crippen LogP contribution in [0.3, 0.4) is 0 Å². The van der Waals surface area contributed by atoms with E-state index in [0.717, 1.165) is 12.8 Å². The van der Waals surface area contributed by atoms with E-state index in [1.165, 1.54) is 17.6 Å². The molecule has 1 unspecified atom stereocenters. The lowest BCUT2D eigenvalue weighted by atomic mass is 9.83. The van der Waals surface area contributed by atoms with Gasteiger partial charge in [-0.1, -0.05) is 24.3 Å². The molecule has 0 saturated heterocycles. The minimum Gasteiger partial charge on any atom is -0.118 e. The number of hydrogen-bond donors (Lipinski definition) is 0. The van der Waals surface area contributed by atoms with Crippen LogP contribution in [-0.2, 0) is 0 Å². The number of allylic oxidation sites excluding steroid dienone is 2. The Balaban J connectivity index is 2.52. The van der Waals surface area contributed by atoms with Crippen molar-refractivity contribution in [1.82, 2.24) is 0 Å². The van der Waals surface area contributed by atoms with Crippen molar-refractivity contribution in [2.75, 3.05) is 0 Å². The highest BCUT2D eigenvalue weighted by Crippen LogP contribution is 2.34. The first-order chi connectivity index (χ1) is 5.11. The summed E-state index contributed by atoms with van der Waals surface area (Å²) in [6.07, 6.45) is 3.30. The summed E-state index contributed by atoms with van der Waals surface area (Å²) in [7, 11) is 0. The van der Waals surface area contributed by atoms with Crippen LogP contribution in [0.25, 0.3) is 0 Å². The van der Waals surface area contributed by atoms with Crippen LogP contribution in [0.1, 0.15) is 26.2 Å². The van der Waals surface area contributed by atoms with Gasteiger partial charge in [0.25, 0.3) is 0 Å². The van der Waals surface area contributed by atoms with Crippen LogP contribution in [0.2, 0.25) is 0 Å². The van der Waals surface area contributed by atoms with Crippen molar-refractivity contribution in [3.63, 3.8) is 0 Å². The lowest BCUT2D eigenvalue weighted by Crippen LogP contribution is -2.17. The molecular weight excluding hydrogens is 156 g/mol. The summed E-state index contributed by atoms with van der Waals surface area (Å²) in [5, 5.41) is 0.186. The van der Waals surface area contributed by atoms with Crippen LogP contribution in [0.15, 0.2) is 24.3 Å². The van der Waals surface area contributed by atoms with Gasteiger partial charge in [0.05, 0.1) is 5.38 Å². The molecule has 0 aliphatic heterocycles. The normalized spacial score (nSPS) is 32.0. The van der Waals surface area contributed by atoms with Gasteiger partial charge in [0.2, 0.25) is 0 Å². The fourth-order valence-corrected chi connectivity index (χ4v) is 1.82. The predicted molar refractivity (Wildman–Crippen MR) is 50.9 cm³/mol. The number of alkyl halides is 1. The summed E-state index contributed by atoms with van der Waals surface area (Å²) < 4.78 is 0. The fraction of sp³-hybridized carbons (Fsp3) is 0.600. The van der Waals surface area contributed by atoms with Crippen molar-refractivity contribution >= 4 is 11.6 Å². The average molecular weight is 171 g/mol. The maximum atomic E-state index is 6.07. The molecule has 1 aliphatic rings. The first-order valence-corrected chi connectivity index (χ1v) is 4.52. The Morgan fingerprint density at radius 1 is 1.64 bits per heavy atom. The van der Waals surface area contributed by atoms with Gasteiger partial charge in [-0.2, -0.15) is 0 Å². The third-order valence-corrected chi connectivity index (χ3v) is 2.93. The van der Waals surface area contributed by atoms with Gasteiger partial charge in [0.15, 0.2) is 0 Å². The number of hydrogen-bond acceptors (Lipinski definition) is 0. The zero-order chi connectivity index (χ0) is 8.43. The second kappa shape index (κ2) is 3.44. The van der Waals surface area contributed by atoms with E-state index in [4.69, 9.17) is 11.6 Å². The highest BCUT2D eigenvalue weighted by atomic mass is 35.5. The fourth-order valence-electron chi connectivity index (χ4n) is 1.50. The molecule has 0 nitrogen and oxygen atoms in total. The Kier molecular flexibility index (Phi) is 2.78. The molecule has 1 saturated carbocycles. The largest absolute Gasteiger partial charge is 0.118 e. The standard InChI is InChI=1S/C10H15Cl/c1-7(2)9-5-4-8(3)10(11)6-9/h9-10H,1,3-6H2,2H3/t9-,10?/m0/s1.